The van der Waals surface area contributed by atoms with Gasteiger partial charge in [-0.15, -0.1) is 0 Å². The quantitative estimate of drug-likeness (QED) is 0.802. The molecule has 1 aromatic carbocycles. The van der Waals surface area contributed by atoms with E-state index in [0.717, 1.165) is 4.68 Å². The molecule has 2 rings (SSSR count). The molecule has 0 aliphatic rings. The summed E-state index contributed by atoms with van der Waals surface area (Å²) >= 11 is 0. The molecule has 0 saturated carbocycles. The number of nitrogens with zero attached hydrogens (tertiary/aromatic N) is 2. The Morgan fingerprint density at radius 2 is 2.18 bits per heavy atom. The van der Waals surface area contributed by atoms with Crippen molar-refractivity contribution >= 4 is 5.91 Å². The first-order valence-electron chi connectivity index (χ1n) is 6.70. The molecule has 0 aliphatic carbocycles. The number of benzene rings is 1. The summed E-state index contributed by atoms with van der Waals surface area (Å²) in [5.41, 5.74) is 0.344. The minimum absolute atomic E-state index is 0.0930. The van der Waals surface area contributed by atoms with E-state index in [4.69, 9.17) is 4.74 Å². The summed E-state index contributed by atoms with van der Waals surface area (Å²) in [5.74, 6) is -0.788. The zero-order valence-electron chi connectivity index (χ0n) is 12.1. The molecule has 22 heavy (non-hydrogen) atoms. The Labute approximate surface area is 126 Å². The van der Waals surface area contributed by atoms with Crippen LogP contribution in [-0.4, -0.2) is 35.9 Å². The molecular formula is C15H16FN3O3. The lowest BCUT2D eigenvalue weighted by Crippen LogP contribution is -2.31. The van der Waals surface area contributed by atoms with Crippen molar-refractivity contribution in [1.82, 2.24) is 15.1 Å². The van der Waals surface area contributed by atoms with Crippen LogP contribution >= 0.6 is 0 Å². The predicted octanol–water partition coefficient (Wildman–Crippen LogP) is 0.807. The van der Waals surface area contributed by atoms with Gasteiger partial charge in [0.1, 0.15) is 11.5 Å². The van der Waals surface area contributed by atoms with Crippen molar-refractivity contribution < 1.29 is 13.9 Å². The van der Waals surface area contributed by atoms with Crippen molar-refractivity contribution in [3.63, 3.8) is 0 Å². The van der Waals surface area contributed by atoms with Gasteiger partial charge in [0.05, 0.1) is 13.2 Å². The van der Waals surface area contributed by atoms with E-state index in [9.17, 15) is 14.0 Å². The summed E-state index contributed by atoms with van der Waals surface area (Å²) in [7, 11) is 1.53. The van der Waals surface area contributed by atoms with Gasteiger partial charge in [0.15, 0.2) is 0 Å². The molecule has 0 saturated heterocycles. The highest BCUT2D eigenvalue weighted by Gasteiger charge is 2.09. The van der Waals surface area contributed by atoms with E-state index < -0.39 is 5.91 Å². The molecular weight excluding hydrogens is 289 g/mol. The average molecular weight is 305 g/mol. The van der Waals surface area contributed by atoms with Gasteiger partial charge in [-0.2, -0.15) is 5.10 Å². The van der Waals surface area contributed by atoms with E-state index in [1.165, 1.54) is 31.4 Å². The van der Waals surface area contributed by atoms with Gasteiger partial charge in [0.2, 0.25) is 0 Å². The number of rotatable bonds is 6. The smallest absolute Gasteiger partial charge is 0.271 e. The number of nitrogens with one attached hydrogen (secondary N) is 1. The molecule has 6 nitrogen and oxygen atoms in total. The molecule has 1 amide bonds. The summed E-state index contributed by atoms with van der Waals surface area (Å²) in [4.78, 5) is 23.7. The number of hydrogen-bond acceptors (Lipinski definition) is 4. The predicted molar refractivity (Wildman–Crippen MR) is 78.2 cm³/mol. The van der Waals surface area contributed by atoms with Crippen LogP contribution in [0.1, 0.15) is 16.1 Å². The van der Waals surface area contributed by atoms with E-state index in [-0.39, 0.29) is 23.6 Å². The highest BCUT2D eigenvalue weighted by Crippen LogP contribution is 2.04. The molecule has 7 heteroatoms. The Balaban J connectivity index is 2.16. The minimum atomic E-state index is -0.398. The number of methoxy groups -OCH3 is 1. The van der Waals surface area contributed by atoms with Gasteiger partial charge in [-0.05, 0) is 23.8 Å². The lowest BCUT2D eigenvalue weighted by molar-refractivity contribution is 0.0929. The van der Waals surface area contributed by atoms with Crippen molar-refractivity contribution in [2.24, 2.45) is 0 Å². The van der Waals surface area contributed by atoms with Crippen molar-refractivity contribution in [3.8, 4) is 0 Å². The molecule has 0 fully saturated rings. The molecule has 1 heterocycles. The Bertz CT molecular complexity index is 715. The first kappa shape index (κ1) is 15.8. The summed E-state index contributed by atoms with van der Waals surface area (Å²) < 4.78 is 19.1. The molecule has 2 aromatic rings. The number of ether oxygens (including phenoxy) is 1. The Hall–Kier alpha value is -2.54. The van der Waals surface area contributed by atoms with Crippen LogP contribution in [0.15, 0.2) is 41.2 Å². The maximum Gasteiger partial charge on any atom is 0.271 e. The van der Waals surface area contributed by atoms with Crippen LogP contribution in [0.5, 0.6) is 0 Å². The van der Waals surface area contributed by atoms with E-state index in [1.54, 1.807) is 12.1 Å². The standard InChI is InChI=1S/C15H16FN3O3/c1-22-8-7-17-15(21)13-5-6-14(20)19(18-13)10-11-3-2-4-12(16)9-11/h2-6,9H,7-8,10H2,1H3,(H,17,21). The topological polar surface area (TPSA) is 73.2 Å². The summed E-state index contributed by atoms with van der Waals surface area (Å²) in [6, 6.07) is 8.49. The van der Waals surface area contributed by atoms with Crippen LogP contribution in [-0.2, 0) is 11.3 Å². The van der Waals surface area contributed by atoms with Crippen LogP contribution in [0.2, 0.25) is 0 Å². The van der Waals surface area contributed by atoms with Gasteiger partial charge in [-0.1, -0.05) is 12.1 Å². The summed E-state index contributed by atoms with van der Waals surface area (Å²) in [6.45, 7) is 0.824. The average Bonchev–Trinajstić information content (AvgIpc) is 2.49. The molecule has 0 atom stereocenters. The molecule has 116 valence electrons. The third kappa shape index (κ3) is 4.23. The fourth-order valence-corrected chi connectivity index (χ4v) is 1.85. The monoisotopic (exact) mass is 305 g/mol. The fraction of sp³-hybridized carbons (Fsp3) is 0.267. The van der Waals surface area contributed by atoms with E-state index in [2.05, 4.69) is 10.4 Å². The van der Waals surface area contributed by atoms with Crippen LogP contribution in [0.25, 0.3) is 0 Å². The number of halogens is 1. The number of amides is 1. The number of carbonyl (C=O) groups is 1. The Morgan fingerprint density at radius 3 is 2.91 bits per heavy atom. The molecule has 0 unspecified atom stereocenters. The Morgan fingerprint density at radius 1 is 1.36 bits per heavy atom. The molecule has 0 spiro atoms. The second kappa shape index (κ2) is 7.46. The lowest BCUT2D eigenvalue weighted by atomic mass is 10.2. The molecule has 1 aromatic heterocycles. The largest absolute Gasteiger partial charge is 0.383 e. The van der Waals surface area contributed by atoms with E-state index in [0.29, 0.717) is 18.7 Å². The highest BCUT2D eigenvalue weighted by atomic mass is 19.1. The van der Waals surface area contributed by atoms with Crippen molar-refractivity contribution in [1.29, 1.82) is 0 Å². The Kier molecular flexibility index (Phi) is 5.37. The second-order valence-electron chi connectivity index (χ2n) is 4.59. The van der Waals surface area contributed by atoms with E-state index in [1.807, 2.05) is 0 Å². The minimum Gasteiger partial charge on any atom is -0.383 e. The maximum atomic E-state index is 13.2. The van der Waals surface area contributed by atoms with Gasteiger partial charge in [0.25, 0.3) is 11.5 Å². The molecule has 1 N–H and O–H groups in total. The van der Waals surface area contributed by atoms with Crippen LogP contribution in [0.4, 0.5) is 4.39 Å². The normalized spacial score (nSPS) is 10.5. The van der Waals surface area contributed by atoms with Gasteiger partial charge >= 0.3 is 0 Å². The lowest BCUT2D eigenvalue weighted by Gasteiger charge is -2.08. The summed E-state index contributed by atoms with van der Waals surface area (Å²) in [5, 5.41) is 6.62. The third-order valence-electron chi connectivity index (χ3n) is 2.91. The first-order chi connectivity index (χ1) is 10.6. The van der Waals surface area contributed by atoms with Crippen LogP contribution < -0.4 is 10.9 Å². The third-order valence-corrected chi connectivity index (χ3v) is 2.91. The van der Waals surface area contributed by atoms with Crippen LogP contribution in [0.3, 0.4) is 0 Å². The maximum absolute atomic E-state index is 13.2. The number of hydrogen-bond donors (Lipinski definition) is 1. The molecule has 0 aliphatic heterocycles. The SMILES string of the molecule is COCCNC(=O)c1ccc(=O)n(Cc2cccc(F)c2)n1. The van der Waals surface area contributed by atoms with Gasteiger partial charge in [-0.25, -0.2) is 9.07 Å². The molecule has 0 radical (unpaired) electrons. The zero-order valence-corrected chi connectivity index (χ0v) is 12.1. The molecule has 0 bridgehead atoms. The number of aromatic nitrogens is 2. The fourth-order valence-electron chi connectivity index (χ4n) is 1.85. The first-order valence-corrected chi connectivity index (χ1v) is 6.70. The second-order valence-corrected chi connectivity index (χ2v) is 4.59. The number of carbonyl (C=O) groups excluding carboxylic acids is 1. The van der Waals surface area contributed by atoms with E-state index >= 15 is 0 Å². The zero-order chi connectivity index (χ0) is 15.9. The van der Waals surface area contributed by atoms with Crippen molar-refractivity contribution in [2.75, 3.05) is 20.3 Å². The van der Waals surface area contributed by atoms with Crippen LogP contribution in [0, 0.1) is 5.82 Å². The van der Waals surface area contributed by atoms with Crippen molar-refractivity contribution in [3.05, 3.63) is 63.8 Å². The summed E-state index contributed by atoms with van der Waals surface area (Å²) in [6.07, 6.45) is 0. The highest BCUT2D eigenvalue weighted by molar-refractivity contribution is 5.91. The van der Waals surface area contributed by atoms with Gasteiger partial charge in [0, 0.05) is 19.7 Å². The van der Waals surface area contributed by atoms with Gasteiger partial charge < -0.3 is 10.1 Å². The van der Waals surface area contributed by atoms with Gasteiger partial charge in [-0.3, -0.25) is 9.59 Å². The van der Waals surface area contributed by atoms with Crippen molar-refractivity contribution in [2.45, 2.75) is 6.54 Å².